The summed E-state index contributed by atoms with van der Waals surface area (Å²) in [5.41, 5.74) is 15.1. The van der Waals surface area contributed by atoms with Crippen molar-refractivity contribution < 1.29 is 38.0 Å². The van der Waals surface area contributed by atoms with Crippen LogP contribution in [0.25, 0.3) is 0 Å². The van der Waals surface area contributed by atoms with Gasteiger partial charge in [0.1, 0.15) is 0 Å². The third-order valence-electron chi connectivity index (χ3n) is 12.5. The number of rotatable bonds is 34. The zero-order valence-corrected chi connectivity index (χ0v) is 45.8. The first-order chi connectivity index (χ1) is 33.6. The van der Waals surface area contributed by atoms with Gasteiger partial charge >= 0.3 is 12.1 Å². The number of ether oxygens (including phenoxy) is 6. The molecule has 0 unspecified atom stereocenters. The molecule has 1 fully saturated rings. The number of hydrogen-bond acceptors (Lipinski definition) is 10. The molecule has 0 radical (unpaired) electrons. The number of carbonyl (C=O) groups is 2. The molecule has 2 aromatic rings. The molecule has 1 saturated heterocycles. The topological polar surface area (TPSA) is 190 Å². The SMILES string of the molecule is CCCC(CCC)(COCCN)COCCN.CCCC1(CCC)COC(C)(C)OC1.CCCCC(CCCC)(COCCNC(=O)Nc1ccc(C)cc1)COCCNC(=O)Nc1ccc(C)cc1. The summed E-state index contributed by atoms with van der Waals surface area (Å²) in [6.45, 7) is 29.8. The quantitative estimate of drug-likeness (QED) is 0.0368. The van der Waals surface area contributed by atoms with E-state index in [9.17, 15) is 9.59 Å². The Morgan fingerprint density at radius 3 is 1.23 bits per heavy atom. The van der Waals surface area contributed by atoms with Gasteiger partial charge in [-0.15, -0.1) is 0 Å². The number of anilines is 2. The molecular formula is C56H102N6O8. The van der Waals surface area contributed by atoms with E-state index >= 15 is 0 Å². The van der Waals surface area contributed by atoms with Crippen LogP contribution in [-0.2, 0) is 28.4 Å². The maximum atomic E-state index is 12.2. The van der Waals surface area contributed by atoms with E-state index in [0.717, 1.165) is 113 Å². The largest absolute Gasteiger partial charge is 0.379 e. The van der Waals surface area contributed by atoms with Crippen molar-refractivity contribution in [2.45, 2.75) is 165 Å². The average molecular weight is 987 g/mol. The Labute approximate surface area is 425 Å². The number of benzene rings is 2. The van der Waals surface area contributed by atoms with Crippen LogP contribution in [0.2, 0.25) is 0 Å². The number of amides is 4. The number of aryl methyl sites for hydroxylation is 2. The second-order valence-corrected chi connectivity index (χ2v) is 20.0. The van der Waals surface area contributed by atoms with Gasteiger partial charge < -0.3 is 61.2 Å². The first kappa shape index (κ1) is 64.7. The highest BCUT2D eigenvalue weighted by Crippen LogP contribution is 2.37. The predicted molar refractivity (Wildman–Crippen MR) is 290 cm³/mol. The van der Waals surface area contributed by atoms with E-state index < -0.39 is 0 Å². The Bertz CT molecular complexity index is 1480. The van der Waals surface area contributed by atoms with Crippen LogP contribution < -0.4 is 32.7 Å². The van der Waals surface area contributed by atoms with Gasteiger partial charge in [-0.05, 0) is 90.5 Å². The van der Waals surface area contributed by atoms with E-state index in [1.165, 1.54) is 25.7 Å². The minimum absolute atomic E-state index is 0.0830. The maximum absolute atomic E-state index is 12.2. The molecule has 0 spiro atoms. The molecule has 14 heteroatoms. The van der Waals surface area contributed by atoms with Crippen molar-refractivity contribution in [1.29, 1.82) is 0 Å². The normalized spacial score (nSPS) is 14.1. The summed E-state index contributed by atoms with van der Waals surface area (Å²) < 4.78 is 35.0. The van der Waals surface area contributed by atoms with Crippen LogP contribution in [-0.4, -0.2) is 110 Å². The van der Waals surface area contributed by atoms with Gasteiger partial charge in [0.05, 0.1) is 66.1 Å². The number of carbonyl (C=O) groups excluding carboxylic acids is 2. The standard InChI is InChI=1S/C31H48N4O4.C13H30N2O2.C12H24O2/c1-5-7-17-31(18-8-6-2,23-38-21-19-32-29(36)34-27-13-9-25(3)10-14-27)24-39-22-20-33-30(37)35-28-15-11-26(4)12-16-28;1-3-5-13(6-4-2,11-16-9-7-14)12-17-10-8-15;1-5-7-12(8-6-2)9-13-11(3,4)14-10-12/h9-16H,5-8,17-24H2,1-4H3,(H2,32,34,36)(H2,33,35,37);3-12,14-15H2,1-2H3;5-10H2,1-4H3. The third-order valence-corrected chi connectivity index (χ3v) is 12.5. The highest BCUT2D eigenvalue weighted by molar-refractivity contribution is 5.89. The highest BCUT2D eigenvalue weighted by Gasteiger charge is 2.38. The first-order valence-electron chi connectivity index (χ1n) is 26.9. The fraction of sp³-hybridized carbons (Fsp3) is 0.750. The molecule has 14 nitrogen and oxygen atoms in total. The molecule has 4 amide bonds. The second-order valence-electron chi connectivity index (χ2n) is 20.0. The molecule has 1 aliphatic rings. The number of hydrogen-bond donors (Lipinski definition) is 6. The summed E-state index contributed by atoms with van der Waals surface area (Å²) in [5.74, 6) is -0.370. The fourth-order valence-electron chi connectivity index (χ4n) is 8.71. The lowest BCUT2D eigenvalue weighted by Crippen LogP contribution is -2.46. The van der Waals surface area contributed by atoms with Gasteiger partial charge in [0.2, 0.25) is 0 Å². The number of urea groups is 2. The van der Waals surface area contributed by atoms with E-state index in [1.807, 2.05) is 76.2 Å². The Morgan fingerprint density at radius 2 is 0.900 bits per heavy atom. The second kappa shape index (κ2) is 38.3. The van der Waals surface area contributed by atoms with E-state index in [2.05, 4.69) is 62.8 Å². The fourth-order valence-corrected chi connectivity index (χ4v) is 8.71. The van der Waals surface area contributed by atoms with Crippen molar-refractivity contribution in [2.75, 3.05) is 103 Å². The van der Waals surface area contributed by atoms with E-state index in [1.54, 1.807) is 0 Å². The zero-order valence-electron chi connectivity index (χ0n) is 45.8. The lowest BCUT2D eigenvalue weighted by atomic mass is 9.79. The lowest BCUT2D eigenvalue weighted by molar-refractivity contribution is -0.287. The molecular weight excluding hydrogens is 885 g/mol. The molecule has 0 atom stereocenters. The summed E-state index contributed by atoms with van der Waals surface area (Å²) in [6, 6.07) is 14.9. The van der Waals surface area contributed by atoms with Gasteiger partial charge in [-0.25, -0.2) is 9.59 Å². The average Bonchev–Trinajstić information content (AvgIpc) is 3.33. The van der Waals surface area contributed by atoms with Crippen molar-refractivity contribution in [1.82, 2.24) is 10.6 Å². The Hall–Kier alpha value is -3.34. The molecule has 0 aromatic heterocycles. The first-order valence-corrected chi connectivity index (χ1v) is 26.9. The van der Waals surface area contributed by atoms with Crippen molar-refractivity contribution in [3.8, 4) is 0 Å². The molecule has 404 valence electrons. The van der Waals surface area contributed by atoms with E-state index in [4.69, 9.17) is 39.9 Å². The highest BCUT2D eigenvalue weighted by atomic mass is 16.7. The molecule has 70 heavy (non-hydrogen) atoms. The Morgan fingerprint density at radius 1 is 0.543 bits per heavy atom. The number of nitrogens with two attached hydrogens (primary N) is 2. The van der Waals surface area contributed by atoms with Crippen LogP contribution in [0.15, 0.2) is 48.5 Å². The van der Waals surface area contributed by atoms with Crippen molar-refractivity contribution in [3.05, 3.63) is 59.7 Å². The van der Waals surface area contributed by atoms with Gasteiger partial charge in [0.25, 0.3) is 0 Å². The summed E-state index contributed by atoms with van der Waals surface area (Å²) in [4.78, 5) is 24.3. The van der Waals surface area contributed by atoms with Gasteiger partial charge in [-0.1, -0.05) is 128 Å². The lowest BCUT2D eigenvalue weighted by Gasteiger charge is -2.43. The number of unbranched alkanes of at least 4 members (excludes halogenated alkanes) is 2. The van der Waals surface area contributed by atoms with Gasteiger partial charge in [-0.2, -0.15) is 0 Å². The van der Waals surface area contributed by atoms with Crippen molar-refractivity contribution in [3.63, 3.8) is 0 Å². The summed E-state index contributed by atoms with van der Waals surface area (Å²) in [5, 5.41) is 11.4. The van der Waals surface area contributed by atoms with Crippen LogP contribution in [0.1, 0.15) is 156 Å². The summed E-state index contributed by atoms with van der Waals surface area (Å²) in [6.07, 6.45) is 15.9. The molecule has 1 aliphatic heterocycles. The summed E-state index contributed by atoms with van der Waals surface area (Å²) in [7, 11) is 0. The molecule has 3 rings (SSSR count). The van der Waals surface area contributed by atoms with Crippen molar-refractivity contribution >= 4 is 23.4 Å². The third kappa shape index (κ3) is 29.2. The summed E-state index contributed by atoms with van der Waals surface area (Å²) >= 11 is 0. The van der Waals surface area contributed by atoms with Crippen LogP contribution in [0.4, 0.5) is 21.0 Å². The smallest absolute Gasteiger partial charge is 0.319 e. The molecule has 8 N–H and O–H groups in total. The molecule has 2 aromatic carbocycles. The van der Waals surface area contributed by atoms with Gasteiger partial charge in [0, 0.05) is 53.8 Å². The Balaban J connectivity index is 0.000000645. The maximum Gasteiger partial charge on any atom is 0.319 e. The van der Waals surface area contributed by atoms with Crippen LogP contribution in [0.5, 0.6) is 0 Å². The molecule has 0 aliphatic carbocycles. The Kier molecular flexibility index (Phi) is 35.4. The van der Waals surface area contributed by atoms with Gasteiger partial charge in [0.15, 0.2) is 5.79 Å². The molecule has 1 heterocycles. The van der Waals surface area contributed by atoms with Gasteiger partial charge in [-0.3, -0.25) is 0 Å². The minimum atomic E-state index is -0.370. The van der Waals surface area contributed by atoms with Crippen LogP contribution in [0, 0.1) is 30.1 Å². The van der Waals surface area contributed by atoms with Crippen molar-refractivity contribution in [2.24, 2.45) is 27.7 Å². The predicted octanol–water partition coefficient (Wildman–Crippen LogP) is 11.5. The van der Waals surface area contributed by atoms with Crippen LogP contribution >= 0.6 is 0 Å². The molecule has 0 saturated carbocycles. The monoisotopic (exact) mass is 987 g/mol. The number of nitrogens with one attached hydrogen (secondary N) is 4. The van der Waals surface area contributed by atoms with Crippen LogP contribution in [0.3, 0.4) is 0 Å². The van der Waals surface area contributed by atoms with E-state index in [0.29, 0.717) is 71.2 Å². The molecule has 0 bridgehead atoms. The minimum Gasteiger partial charge on any atom is -0.379 e. The zero-order chi connectivity index (χ0) is 52.0. The van der Waals surface area contributed by atoms with E-state index in [-0.39, 0.29) is 28.7 Å².